The van der Waals surface area contributed by atoms with E-state index in [0.29, 0.717) is 11.0 Å². The van der Waals surface area contributed by atoms with Crippen molar-refractivity contribution in [2.24, 2.45) is 0 Å². The van der Waals surface area contributed by atoms with Gasteiger partial charge < -0.3 is 20.0 Å². The smallest absolute Gasteiger partial charge is 0.229 e. The number of rotatable bonds is 5. The van der Waals surface area contributed by atoms with Crippen LogP contribution in [-0.4, -0.2) is 78.7 Å². The predicted octanol–water partition coefficient (Wildman–Crippen LogP) is 4.65. The molecule has 194 valence electrons. The minimum Gasteiger partial charge on any atom is -0.371 e. The van der Waals surface area contributed by atoms with Crippen molar-refractivity contribution < 1.29 is 0 Å². The third kappa shape index (κ3) is 5.54. The number of nitrogens with one attached hydrogen (secondary N) is 1. The second-order valence-electron chi connectivity index (χ2n) is 10.5. The first-order valence-corrected chi connectivity index (χ1v) is 13.9. The summed E-state index contributed by atoms with van der Waals surface area (Å²) in [7, 11) is 2.23. The average molecular weight is 518 g/mol. The van der Waals surface area contributed by atoms with E-state index in [1.807, 2.05) is 0 Å². The molecule has 7 nitrogen and oxygen atoms in total. The standard InChI is InChI=1S/C29H36ClN7/c1-34-16-18-36(19-17-34)26-11-14-35(15-12-26)25-8-6-24(7-9-25)32-29-31-20-27(30)28(33-29)37-13-10-22-4-2-3-5-23(22)21-37/h2-9,20,26H,10-19,21H2,1H3,(H,31,32,33). The Bertz CT molecular complexity index is 1200. The first-order valence-electron chi connectivity index (χ1n) is 13.5. The van der Waals surface area contributed by atoms with E-state index in [1.165, 1.54) is 55.8 Å². The lowest BCUT2D eigenvalue weighted by Gasteiger charge is -2.42. The summed E-state index contributed by atoms with van der Waals surface area (Å²) in [6.45, 7) is 8.75. The van der Waals surface area contributed by atoms with Gasteiger partial charge in [-0.05, 0) is 61.7 Å². The van der Waals surface area contributed by atoms with Gasteiger partial charge in [0.05, 0.1) is 6.20 Å². The molecule has 0 saturated carbocycles. The predicted molar refractivity (Wildman–Crippen MR) is 152 cm³/mol. The van der Waals surface area contributed by atoms with Crippen molar-refractivity contribution in [3.05, 3.63) is 70.9 Å². The van der Waals surface area contributed by atoms with Gasteiger partial charge in [0.1, 0.15) is 5.02 Å². The number of piperidine rings is 1. The topological polar surface area (TPSA) is 50.8 Å². The normalized spacial score (nSPS) is 19.6. The van der Waals surface area contributed by atoms with Gasteiger partial charge in [0.2, 0.25) is 5.95 Å². The molecule has 1 N–H and O–H groups in total. The Morgan fingerprint density at radius 2 is 1.57 bits per heavy atom. The molecule has 2 saturated heterocycles. The molecule has 3 aliphatic heterocycles. The molecular formula is C29H36ClN7. The number of aromatic nitrogens is 2. The van der Waals surface area contributed by atoms with E-state index in [-0.39, 0.29) is 0 Å². The van der Waals surface area contributed by atoms with Crippen LogP contribution in [0.15, 0.2) is 54.7 Å². The van der Waals surface area contributed by atoms with Crippen LogP contribution in [0.2, 0.25) is 5.02 Å². The fraction of sp³-hybridized carbons (Fsp3) is 0.448. The summed E-state index contributed by atoms with van der Waals surface area (Å²) >= 11 is 6.53. The van der Waals surface area contributed by atoms with Crippen molar-refractivity contribution in [1.82, 2.24) is 19.8 Å². The fourth-order valence-corrected chi connectivity index (χ4v) is 6.09. The van der Waals surface area contributed by atoms with Gasteiger partial charge >= 0.3 is 0 Å². The van der Waals surface area contributed by atoms with Crippen LogP contribution >= 0.6 is 11.6 Å². The zero-order chi connectivity index (χ0) is 25.2. The van der Waals surface area contributed by atoms with Crippen LogP contribution in [-0.2, 0) is 13.0 Å². The molecule has 2 fully saturated rings. The van der Waals surface area contributed by atoms with Gasteiger partial charge in [-0.2, -0.15) is 4.98 Å². The average Bonchev–Trinajstić information content (AvgIpc) is 2.95. The highest BCUT2D eigenvalue weighted by molar-refractivity contribution is 6.32. The minimum atomic E-state index is 0.569. The second-order valence-corrected chi connectivity index (χ2v) is 10.9. The maximum absolute atomic E-state index is 6.53. The number of likely N-dealkylation sites (N-methyl/N-ethyl adjacent to an activating group) is 1. The highest BCUT2D eigenvalue weighted by Crippen LogP contribution is 2.30. The molecule has 2 aromatic carbocycles. The highest BCUT2D eigenvalue weighted by atomic mass is 35.5. The number of hydrogen-bond acceptors (Lipinski definition) is 7. The van der Waals surface area contributed by atoms with Crippen LogP contribution in [0, 0.1) is 0 Å². The number of benzene rings is 2. The summed E-state index contributed by atoms with van der Waals surface area (Å²) in [5.41, 5.74) is 5.01. The van der Waals surface area contributed by atoms with Gasteiger partial charge in [-0.3, -0.25) is 4.90 Å². The lowest BCUT2D eigenvalue weighted by Crippen LogP contribution is -2.52. The Morgan fingerprint density at radius 3 is 2.32 bits per heavy atom. The number of piperazine rings is 1. The van der Waals surface area contributed by atoms with E-state index in [9.17, 15) is 0 Å². The van der Waals surface area contributed by atoms with Gasteiger partial charge in [-0.1, -0.05) is 35.9 Å². The lowest BCUT2D eigenvalue weighted by atomic mass is 10.00. The summed E-state index contributed by atoms with van der Waals surface area (Å²) in [6, 6.07) is 18.0. The monoisotopic (exact) mass is 517 g/mol. The van der Waals surface area contributed by atoms with Gasteiger partial charge in [-0.25, -0.2) is 4.98 Å². The molecule has 0 aliphatic carbocycles. The van der Waals surface area contributed by atoms with Gasteiger partial charge in [0.15, 0.2) is 5.82 Å². The maximum Gasteiger partial charge on any atom is 0.229 e. The molecule has 8 heteroatoms. The molecule has 0 radical (unpaired) electrons. The van der Waals surface area contributed by atoms with Gasteiger partial charge in [-0.15, -0.1) is 0 Å². The van der Waals surface area contributed by atoms with Crippen LogP contribution < -0.4 is 15.1 Å². The molecule has 0 spiro atoms. The van der Waals surface area contributed by atoms with Crippen molar-refractivity contribution >= 4 is 34.7 Å². The molecule has 0 bridgehead atoms. The van der Waals surface area contributed by atoms with Gasteiger partial charge in [0.25, 0.3) is 0 Å². The van der Waals surface area contributed by atoms with E-state index in [4.69, 9.17) is 16.6 Å². The van der Waals surface area contributed by atoms with E-state index in [1.54, 1.807) is 6.20 Å². The van der Waals surface area contributed by atoms with Crippen molar-refractivity contribution in [2.45, 2.75) is 31.8 Å². The number of halogens is 1. The second kappa shape index (κ2) is 10.9. The molecule has 3 aliphatic rings. The molecule has 3 aromatic rings. The Morgan fingerprint density at radius 1 is 0.838 bits per heavy atom. The zero-order valence-electron chi connectivity index (χ0n) is 21.6. The quantitative estimate of drug-likeness (QED) is 0.528. The van der Waals surface area contributed by atoms with E-state index in [2.05, 4.69) is 85.5 Å². The van der Waals surface area contributed by atoms with E-state index < -0.39 is 0 Å². The molecule has 4 heterocycles. The van der Waals surface area contributed by atoms with Crippen molar-refractivity contribution in [3.63, 3.8) is 0 Å². The summed E-state index contributed by atoms with van der Waals surface area (Å²) in [5, 5.41) is 3.96. The first kappa shape index (κ1) is 24.5. The van der Waals surface area contributed by atoms with Crippen LogP contribution in [0.5, 0.6) is 0 Å². The molecule has 0 unspecified atom stereocenters. The first-order chi connectivity index (χ1) is 18.1. The lowest BCUT2D eigenvalue weighted by molar-refractivity contribution is 0.0982. The van der Waals surface area contributed by atoms with Crippen LogP contribution in [0.25, 0.3) is 0 Å². The minimum absolute atomic E-state index is 0.569. The van der Waals surface area contributed by atoms with E-state index in [0.717, 1.165) is 50.1 Å². The fourth-order valence-electron chi connectivity index (χ4n) is 5.88. The number of nitrogens with zero attached hydrogens (tertiary/aromatic N) is 6. The Kier molecular flexibility index (Phi) is 7.18. The largest absolute Gasteiger partial charge is 0.371 e. The molecule has 1 aromatic heterocycles. The number of hydrogen-bond donors (Lipinski definition) is 1. The zero-order valence-corrected chi connectivity index (χ0v) is 22.4. The van der Waals surface area contributed by atoms with E-state index >= 15 is 0 Å². The maximum atomic E-state index is 6.53. The highest BCUT2D eigenvalue weighted by Gasteiger charge is 2.27. The van der Waals surface area contributed by atoms with Gasteiger partial charge in [0, 0.05) is 69.8 Å². The molecule has 0 atom stereocenters. The van der Waals surface area contributed by atoms with Crippen LogP contribution in [0.1, 0.15) is 24.0 Å². The third-order valence-electron chi connectivity index (χ3n) is 8.16. The molecular weight excluding hydrogens is 482 g/mol. The van der Waals surface area contributed by atoms with Crippen molar-refractivity contribution in [3.8, 4) is 0 Å². The summed E-state index contributed by atoms with van der Waals surface area (Å²) < 4.78 is 0. The van der Waals surface area contributed by atoms with Crippen molar-refractivity contribution in [2.75, 3.05) is 68.0 Å². The van der Waals surface area contributed by atoms with Crippen molar-refractivity contribution in [1.29, 1.82) is 0 Å². The Labute approximate surface area is 225 Å². The SMILES string of the molecule is CN1CCN(C2CCN(c3ccc(Nc4ncc(Cl)c(N5CCc6ccccc6C5)n4)cc3)CC2)CC1. The molecule has 37 heavy (non-hydrogen) atoms. The summed E-state index contributed by atoms with van der Waals surface area (Å²) in [5.74, 6) is 1.35. The molecule has 6 rings (SSSR count). The summed E-state index contributed by atoms with van der Waals surface area (Å²) in [6.07, 6.45) is 5.18. The van der Waals surface area contributed by atoms with Crippen LogP contribution in [0.4, 0.5) is 23.1 Å². The molecule has 0 amide bonds. The Balaban J connectivity index is 1.07. The third-order valence-corrected chi connectivity index (χ3v) is 8.43. The Hall–Kier alpha value is -2.87. The summed E-state index contributed by atoms with van der Waals surface area (Å²) in [4.78, 5) is 19.1. The number of anilines is 4. The number of fused-ring (bicyclic) bond motifs is 1. The van der Waals surface area contributed by atoms with Crippen LogP contribution in [0.3, 0.4) is 0 Å².